The number of nitrogens with one attached hydrogen (secondary N) is 2. The zero-order valence-electron chi connectivity index (χ0n) is 16.9. The largest absolute Gasteiger partial charge is 0.345 e. The smallest absolute Gasteiger partial charge is 0.267 e. The number of hydrogen-bond acceptors (Lipinski definition) is 3. The van der Waals surface area contributed by atoms with Crippen LogP contribution in [-0.4, -0.2) is 21.4 Å². The number of hydroxylamine groups is 1. The predicted octanol–water partition coefficient (Wildman–Crippen LogP) is 5.07. The van der Waals surface area contributed by atoms with Crippen molar-refractivity contribution in [1.82, 2.24) is 10.0 Å². The number of nitrogens with zero attached hydrogens (tertiary/aromatic N) is 1. The topological polar surface area (TPSA) is 78.1 Å². The quantitative estimate of drug-likeness (QED) is 0.218. The molecule has 1 aromatic heterocycles. The van der Waals surface area contributed by atoms with E-state index < -0.39 is 5.91 Å². The summed E-state index contributed by atoms with van der Waals surface area (Å²) in [6.07, 6.45) is 4.49. The van der Waals surface area contributed by atoms with Crippen molar-refractivity contribution in [3.8, 4) is 0 Å². The third-order valence-corrected chi connectivity index (χ3v) is 5.33. The van der Waals surface area contributed by atoms with Gasteiger partial charge in [-0.2, -0.15) is 0 Å². The Kier molecular flexibility index (Phi) is 6.62. The van der Waals surface area contributed by atoms with Gasteiger partial charge in [-0.15, -0.1) is 0 Å². The molecule has 1 atom stereocenters. The van der Waals surface area contributed by atoms with Crippen molar-refractivity contribution in [2.24, 2.45) is 0 Å². The van der Waals surface area contributed by atoms with Crippen molar-refractivity contribution >= 4 is 28.6 Å². The molecule has 0 bridgehead atoms. The standard InChI is InChI=1S/C24H27N3O2/c1-3-21(19-11-8-18(9-12-19)10-13-24(28)26-29)22(25)14-15-27-17(2)16-20-6-4-5-7-23(20)27/h4-13,16,21,25,29H,3,14-15H2,1-2H3,(H,26,28)/b13-10+,25-22?. The number of benzene rings is 2. The highest BCUT2D eigenvalue weighted by Crippen LogP contribution is 2.25. The summed E-state index contributed by atoms with van der Waals surface area (Å²) in [5.74, 6) is -0.481. The van der Waals surface area contributed by atoms with Crippen LogP contribution < -0.4 is 5.48 Å². The molecule has 150 valence electrons. The number of carbonyl (C=O) groups excluding carboxylic acids is 1. The predicted molar refractivity (Wildman–Crippen MR) is 117 cm³/mol. The van der Waals surface area contributed by atoms with Gasteiger partial charge in [-0.25, -0.2) is 5.48 Å². The Labute approximate surface area is 171 Å². The highest BCUT2D eigenvalue weighted by molar-refractivity contribution is 5.91. The summed E-state index contributed by atoms with van der Waals surface area (Å²) in [4.78, 5) is 11.1. The molecule has 3 N–H and O–H groups in total. The number of fused-ring (bicyclic) bond motifs is 1. The first-order chi connectivity index (χ1) is 14.0. The van der Waals surface area contributed by atoms with E-state index in [1.54, 1.807) is 11.6 Å². The fourth-order valence-electron chi connectivity index (χ4n) is 3.78. The van der Waals surface area contributed by atoms with Crippen molar-refractivity contribution in [3.63, 3.8) is 0 Å². The van der Waals surface area contributed by atoms with Gasteiger partial charge in [-0.05, 0) is 48.1 Å². The molecule has 5 heteroatoms. The van der Waals surface area contributed by atoms with Gasteiger partial charge in [0.25, 0.3) is 5.91 Å². The Bertz CT molecular complexity index is 1030. The Morgan fingerprint density at radius 3 is 2.62 bits per heavy atom. The molecule has 3 rings (SSSR count). The summed E-state index contributed by atoms with van der Waals surface area (Å²) < 4.78 is 2.29. The van der Waals surface area contributed by atoms with Crippen LogP contribution in [-0.2, 0) is 11.3 Å². The average molecular weight is 389 g/mol. The number of rotatable bonds is 8. The minimum atomic E-state index is -0.560. The van der Waals surface area contributed by atoms with Gasteiger partial charge in [0.15, 0.2) is 0 Å². The molecule has 0 aliphatic carbocycles. The van der Waals surface area contributed by atoms with Gasteiger partial charge >= 0.3 is 0 Å². The molecule has 0 aliphatic heterocycles. The lowest BCUT2D eigenvalue weighted by atomic mass is 9.89. The summed E-state index contributed by atoms with van der Waals surface area (Å²) in [5, 5.41) is 18.5. The van der Waals surface area contributed by atoms with E-state index in [1.165, 1.54) is 22.7 Å². The highest BCUT2D eigenvalue weighted by atomic mass is 16.5. The van der Waals surface area contributed by atoms with Gasteiger partial charge in [0.2, 0.25) is 0 Å². The number of aromatic nitrogens is 1. The SMILES string of the molecule is CCC(C(=N)CCn1c(C)cc2ccccc21)c1ccc(/C=C/C(=O)NO)cc1. The van der Waals surface area contributed by atoms with Gasteiger partial charge in [0.1, 0.15) is 0 Å². The molecule has 1 heterocycles. The lowest BCUT2D eigenvalue weighted by Crippen LogP contribution is -2.15. The van der Waals surface area contributed by atoms with Crippen LogP contribution in [0.2, 0.25) is 0 Å². The number of carbonyl (C=O) groups is 1. The summed E-state index contributed by atoms with van der Waals surface area (Å²) in [6.45, 7) is 5.02. The summed E-state index contributed by atoms with van der Waals surface area (Å²) in [5.41, 5.74) is 6.71. The molecular weight excluding hydrogens is 362 g/mol. The molecule has 3 aromatic rings. The first kappa shape index (κ1) is 20.6. The molecule has 1 unspecified atom stereocenters. The summed E-state index contributed by atoms with van der Waals surface area (Å²) in [7, 11) is 0. The van der Waals surface area contributed by atoms with E-state index >= 15 is 0 Å². The zero-order chi connectivity index (χ0) is 20.8. The second-order valence-corrected chi connectivity index (χ2v) is 7.21. The lowest BCUT2D eigenvalue weighted by Gasteiger charge is -2.18. The van der Waals surface area contributed by atoms with E-state index in [1.807, 2.05) is 24.3 Å². The number of hydrogen-bond donors (Lipinski definition) is 3. The van der Waals surface area contributed by atoms with Gasteiger partial charge in [0, 0.05) is 41.9 Å². The van der Waals surface area contributed by atoms with Gasteiger partial charge in [-0.3, -0.25) is 10.0 Å². The molecule has 0 saturated heterocycles. The summed E-state index contributed by atoms with van der Waals surface area (Å²) in [6, 6.07) is 18.4. The lowest BCUT2D eigenvalue weighted by molar-refractivity contribution is -0.124. The first-order valence-corrected chi connectivity index (χ1v) is 9.87. The van der Waals surface area contributed by atoms with E-state index in [-0.39, 0.29) is 5.92 Å². The van der Waals surface area contributed by atoms with Crippen LogP contribution in [0.25, 0.3) is 17.0 Å². The number of amides is 1. The fourth-order valence-corrected chi connectivity index (χ4v) is 3.78. The van der Waals surface area contributed by atoms with Crippen LogP contribution in [0.5, 0.6) is 0 Å². The molecule has 2 aromatic carbocycles. The van der Waals surface area contributed by atoms with Crippen LogP contribution in [0.3, 0.4) is 0 Å². The molecule has 5 nitrogen and oxygen atoms in total. The maximum atomic E-state index is 11.1. The van der Waals surface area contributed by atoms with Gasteiger partial charge < -0.3 is 9.98 Å². The van der Waals surface area contributed by atoms with Crippen molar-refractivity contribution in [1.29, 1.82) is 5.41 Å². The van der Waals surface area contributed by atoms with E-state index in [0.717, 1.165) is 29.8 Å². The minimum absolute atomic E-state index is 0.0795. The zero-order valence-corrected chi connectivity index (χ0v) is 16.9. The van der Waals surface area contributed by atoms with Crippen LogP contribution >= 0.6 is 0 Å². The number of aryl methyl sites for hydroxylation is 2. The molecule has 0 radical (unpaired) electrons. The monoisotopic (exact) mass is 389 g/mol. The van der Waals surface area contributed by atoms with Crippen molar-refractivity contribution < 1.29 is 10.0 Å². The molecule has 0 fully saturated rings. The molecular formula is C24H27N3O2. The fraction of sp³-hybridized carbons (Fsp3) is 0.250. The number of para-hydroxylation sites is 1. The highest BCUT2D eigenvalue weighted by Gasteiger charge is 2.16. The van der Waals surface area contributed by atoms with E-state index in [0.29, 0.717) is 6.42 Å². The van der Waals surface area contributed by atoms with Crippen molar-refractivity contribution in [3.05, 3.63) is 77.5 Å². The summed E-state index contributed by atoms with van der Waals surface area (Å²) >= 11 is 0. The molecule has 0 aliphatic rings. The van der Waals surface area contributed by atoms with Crippen LogP contribution in [0.1, 0.15) is 42.5 Å². The molecule has 0 spiro atoms. The second kappa shape index (κ2) is 9.34. The van der Waals surface area contributed by atoms with Crippen molar-refractivity contribution in [2.75, 3.05) is 0 Å². The van der Waals surface area contributed by atoms with Crippen LogP contribution in [0.4, 0.5) is 0 Å². The van der Waals surface area contributed by atoms with Crippen LogP contribution in [0.15, 0.2) is 60.7 Å². The minimum Gasteiger partial charge on any atom is -0.345 e. The van der Waals surface area contributed by atoms with E-state index in [4.69, 9.17) is 10.6 Å². The molecule has 0 saturated carbocycles. The van der Waals surface area contributed by atoms with Gasteiger partial charge in [0.05, 0.1) is 0 Å². The third kappa shape index (κ3) is 4.81. The normalized spacial score (nSPS) is 12.4. The van der Waals surface area contributed by atoms with Crippen molar-refractivity contribution in [2.45, 2.75) is 39.2 Å². The van der Waals surface area contributed by atoms with Gasteiger partial charge in [-0.1, -0.05) is 49.4 Å². The molecule has 1 amide bonds. The Balaban J connectivity index is 1.69. The van der Waals surface area contributed by atoms with E-state index in [9.17, 15) is 4.79 Å². The maximum absolute atomic E-state index is 11.1. The molecule has 29 heavy (non-hydrogen) atoms. The second-order valence-electron chi connectivity index (χ2n) is 7.21. The maximum Gasteiger partial charge on any atom is 0.267 e. The average Bonchev–Trinajstić information content (AvgIpc) is 3.06. The Morgan fingerprint density at radius 2 is 1.93 bits per heavy atom. The Morgan fingerprint density at radius 1 is 1.21 bits per heavy atom. The Hall–Kier alpha value is -3.18. The first-order valence-electron chi connectivity index (χ1n) is 9.87. The third-order valence-electron chi connectivity index (χ3n) is 5.33. The van der Waals surface area contributed by atoms with E-state index in [2.05, 4.69) is 48.7 Å². The van der Waals surface area contributed by atoms with Crippen LogP contribution in [0, 0.1) is 12.3 Å².